The standard InChI is InChI=1S/C15H21N3O2/c1-4-18-10-17-8-12(18)9-20-15-7-13(19-3)5-6-14(15)11(2)16/h5-8,10-11H,4,9,16H2,1-3H3/t11-/m0/s1. The Balaban J connectivity index is 2.19. The molecule has 2 N–H and O–H groups in total. The first kappa shape index (κ1) is 14.4. The maximum atomic E-state index is 5.97. The van der Waals surface area contributed by atoms with Crippen LogP contribution in [0.25, 0.3) is 0 Å². The third kappa shape index (κ3) is 3.11. The molecule has 0 unspecified atom stereocenters. The molecule has 5 heteroatoms. The second-order valence-corrected chi connectivity index (χ2v) is 4.65. The first-order valence-corrected chi connectivity index (χ1v) is 6.71. The van der Waals surface area contributed by atoms with Crippen molar-refractivity contribution < 1.29 is 9.47 Å². The van der Waals surface area contributed by atoms with Gasteiger partial charge in [0.2, 0.25) is 0 Å². The minimum Gasteiger partial charge on any atom is -0.497 e. The number of nitrogens with two attached hydrogens (primary N) is 1. The number of aryl methyl sites for hydroxylation is 1. The molecule has 0 spiro atoms. The Morgan fingerprint density at radius 3 is 2.85 bits per heavy atom. The third-order valence-electron chi connectivity index (χ3n) is 3.23. The molecule has 0 bridgehead atoms. The van der Waals surface area contributed by atoms with E-state index in [1.54, 1.807) is 13.4 Å². The van der Waals surface area contributed by atoms with Crippen molar-refractivity contribution in [1.82, 2.24) is 9.55 Å². The van der Waals surface area contributed by atoms with Crippen LogP contribution in [0.5, 0.6) is 11.5 Å². The lowest BCUT2D eigenvalue weighted by Crippen LogP contribution is -2.09. The van der Waals surface area contributed by atoms with Gasteiger partial charge in [0, 0.05) is 24.2 Å². The van der Waals surface area contributed by atoms with Crippen molar-refractivity contribution in [1.29, 1.82) is 0 Å². The predicted molar refractivity (Wildman–Crippen MR) is 77.8 cm³/mol. The molecule has 108 valence electrons. The number of hydrogen-bond acceptors (Lipinski definition) is 4. The highest BCUT2D eigenvalue weighted by atomic mass is 16.5. The lowest BCUT2D eigenvalue weighted by molar-refractivity contribution is 0.289. The van der Waals surface area contributed by atoms with Gasteiger partial charge in [-0.2, -0.15) is 0 Å². The van der Waals surface area contributed by atoms with E-state index < -0.39 is 0 Å². The number of rotatable bonds is 6. The molecule has 1 atom stereocenters. The smallest absolute Gasteiger partial charge is 0.130 e. The largest absolute Gasteiger partial charge is 0.497 e. The summed E-state index contributed by atoms with van der Waals surface area (Å²) >= 11 is 0. The van der Waals surface area contributed by atoms with Crippen LogP contribution in [0.15, 0.2) is 30.7 Å². The molecule has 1 aromatic carbocycles. The van der Waals surface area contributed by atoms with Crippen LogP contribution in [-0.2, 0) is 13.2 Å². The monoisotopic (exact) mass is 275 g/mol. The number of benzene rings is 1. The second kappa shape index (κ2) is 6.43. The van der Waals surface area contributed by atoms with Gasteiger partial charge in [0.05, 0.1) is 25.3 Å². The second-order valence-electron chi connectivity index (χ2n) is 4.65. The quantitative estimate of drug-likeness (QED) is 0.880. The van der Waals surface area contributed by atoms with E-state index in [4.69, 9.17) is 15.2 Å². The Labute approximate surface area is 119 Å². The van der Waals surface area contributed by atoms with Crippen LogP contribution in [0.2, 0.25) is 0 Å². The van der Waals surface area contributed by atoms with E-state index in [-0.39, 0.29) is 6.04 Å². The molecule has 0 saturated carbocycles. The molecule has 2 rings (SSSR count). The molecular formula is C15H21N3O2. The van der Waals surface area contributed by atoms with E-state index in [2.05, 4.69) is 11.9 Å². The minimum absolute atomic E-state index is 0.0907. The first-order chi connectivity index (χ1) is 9.65. The van der Waals surface area contributed by atoms with Crippen LogP contribution in [0.3, 0.4) is 0 Å². The van der Waals surface area contributed by atoms with Crippen molar-refractivity contribution in [2.24, 2.45) is 5.73 Å². The van der Waals surface area contributed by atoms with Crippen molar-refractivity contribution in [3.05, 3.63) is 42.0 Å². The summed E-state index contributed by atoms with van der Waals surface area (Å²) in [4.78, 5) is 4.13. The Morgan fingerprint density at radius 1 is 1.40 bits per heavy atom. The number of hydrogen-bond donors (Lipinski definition) is 1. The summed E-state index contributed by atoms with van der Waals surface area (Å²) in [6.45, 7) is 5.34. The number of methoxy groups -OCH3 is 1. The Hall–Kier alpha value is -2.01. The summed E-state index contributed by atoms with van der Waals surface area (Å²) in [5, 5.41) is 0. The maximum Gasteiger partial charge on any atom is 0.130 e. The normalized spacial score (nSPS) is 12.2. The Bertz CT molecular complexity index is 564. The van der Waals surface area contributed by atoms with E-state index in [0.29, 0.717) is 6.61 Å². The van der Waals surface area contributed by atoms with Gasteiger partial charge in [-0.1, -0.05) is 6.07 Å². The molecule has 0 radical (unpaired) electrons. The van der Waals surface area contributed by atoms with E-state index >= 15 is 0 Å². The van der Waals surface area contributed by atoms with Crippen molar-refractivity contribution in [3.63, 3.8) is 0 Å². The summed E-state index contributed by atoms with van der Waals surface area (Å²) in [6, 6.07) is 5.61. The highest BCUT2D eigenvalue weighted by molar-refractivity contribution is 5.42. The molecule has 1 aromatic heterocycles. The van der Waals surface area contributed by atoms with Crippen LogP contribution in [0.4, 0.5) is 0 Å². The van der Waals surface area contributed by atoms with E-state index in [0.717, 1.165) is 29.3 Å². The van der Waals surface area contributed by atoms with Crippen LogP contribution in [0, 0.1) is 0 Å². The third-order valence-corrected chi connectivity index (χ3v) is 3.23. The molecule has 0 fully saturated rings. The average molecular weight is 275 g/mol. The average Bonchev–Trinajstić information content (AvgIpc) is 2.91. The zero-order valence-electron chi connectivity index (χ0n) is 12.2. The van der Waals surface area contributed by atoms with Gasteiger partial charge in [0.1, 0.15) is 18.1 Å². The van der Waals surface area contributed by atoms with E-state index in [1.165, 1.54) is 0 Å². The summed E-state index contributed by atoms with van der Waals surface area (Å²) in [5.74, 6) is 1.51. The first-order valence-electron chi connectivity index (χ1n) is 6.71. The Morgan fingerprint density at radius 2 is 2.20 bits per heavy atom. The van der Waals surface area contributed by atoms with Gasteiger partial charge in [-0.3, -0.25) is 0 Å². The number of ether oxygens (including phenoxy) is 2. The van der Waals surface area contributed by atoms with Crippen LogP contribution in [-0.4, -0.2) is 16.7 Å². The molecule has 0 saturated heterocycles. The lowest BCUT2D eigenvalue weighted by Gasteiger charge is -2.15. The highest BCUT2D eigenvalue weighted by Crippen LogP contribution is 2.29. The lowest BCUT2D eigenvalue weighted by atomic mass is 10.1. The van der Waals surface area contributed by atoms with Gasteiger partial charge in [0.15, 0.2) is 0 Å². The number of nitrogens with zero attached hydrogens (tertiary/aromatic N) is 2. The van der Waals surface area contributed by atoms with Crippen molar-refractivity contribution in [2.75, 3.05) is 7.11 Å². The summed E-state index contributed by atoms with van der Waals surface area (Å²) in [5.41, 5.74) is 7.97. The molecule has 5 nitrogen and oxygen atoms in total. The Kier molecular flexibility index (Phi) is 4.63. The van der Waals surface area contributed by atoms with Crippen LogP contribution in [0.1, 0.15) is 31.1 Å². The molecule has 0 amide bonds. The fourth-order valence-corrected chi connectivity index (χ4v) is 2.05. The van der Waals surface area contributed by atoms with Gasteiger partial charge >= 0.3 is 0 Å². The fourth-order valence-electron chi connectivity index (χ4n) is 2.05. The van der Waals surface area contributed by atoms with Gasteiger partial charge in [0.25, 0.3) is 0 Å². The molecule has 2 aromatic rings. The van der Waals surface area contributed by atoms with Crippen molar-refractivity contribution in [3.8, 4) is 11.5 Å². The minimum atomic E-state index is -0.0907. The van der Waals surface area contributed by atoms with Crippen LogP contribution >= 0.6 is 0 Å². The van der Waals surface area contributed by atoms with Gasteiger partial charge < -0.3 is 19.8 Å². The molecule has 1 heterocycles. The summed E-state index contributed by atoms with van der Waals surface area (Å²) in [6.07, 6.45) is 3.62. The summed E-state index contributed by atoms with van der Waals surface area (Å²) in [7, 11) is 1.64. The molecular weight excluding hydrogens is 254 g/mol. The highest BCUT2D eigenvalue weighted by Gasteiger charge is 2.11. The van der Waals surface area contributed by atoms with E-state index in [1.807, 2.05) is 35.9 Å². The van der Waals surface area contributed by atoms with Crippen molar-refractivity contribution >= 4 is 0 Å². The van der Waals surface area contributed by atoms with Gasteiger partial charge in [-0.05, 0) is 19.9 Å². The zero-order chi connectivity index (χ0) is 14.5. The van der Waals surface area contributed by atoms with E-state index in [9.17, 15) is 0 Å². The van der Waals surface area contributed by atoms with Gasteiger partial charge in [-0.25, -0.2) is 4.98 Å². The number of aromatic nitrogens is 2. The number of imidazole rings is 1. The fraction of sp³-hybridized carbons (Fsp3) is 0.400. The topological polar surface area (TPSA) is 62.3 Å². The van der Waals surface area contributed by atoms with Crippen LogP contribution < -0.4 is 15.2 Å². The predicted octanol–water partition coefficient (Wildman–Crippen LogP) is 2.51. The maximum absolute atomic E-state index is 5.97. The van der Waals surface area contributed by atoms with Gasteiger partial charge in [-0.15, -0.1) is 0 Å². The zero-order valence-corrected chi connectivity index (χ0v) is 12.2. The molecule has 0 aliphatic carbocycles. The summed E-state index contributed by atoms with van der Waals surface area (Å²) < 4.78 is 13.2. The SMILES string of the molecule is CCn1cncc1COc1cc(OC)ccc1[C@H](C)N. The molecule has 20 heavy (non-hydrogen) atoms. The molecule has 0 aliphatic rings. The van der Waals surface area contributed by atoms with Crippen molar-refractivity contribution in [2.45, 2.75) is 33.0 Å². The molecule has 0 aliphatic heterocycles.